The molecule has 0 radical (unpaired) electrons. The Balaban J connectivity index is 0.000000422. The van der Waals surface area contributed by atoms with Crippen LogP contribution in [0, 0.1) is 5.39 Å². The summed E-state index contributed by atoms with van der Waals surface area (Å²) in [5.41, 5.74) is 0.210. The zero-order chi connectivity index (χ0) is 16.8. The molecule has 0 aliphatic heterocycles. The summed E-state index contributed by atoms with van der Waals surface area (Å²) in [5.74, 6) is 0. The summed E-state index contributed by atoms with van der Waals surface area (Å²) in [7, 11) is -9.54. The van der Waals surface area contributed by atoms with Gasteiger partial charge in [0.25, 0.3) is 0 Å². The first-order valence-corrected chi connectivity index (χ1v) is 7.25. The number of hydrogen-bond donors (Lipinski definition) is 0. The molecule has 0 spiro atoms. The number of nitrogens with zero attached hydrogens (tertiary/aromatic N) is 2. The van der Waals surface area contributed by atoms with Crippen LogP contribution in [-0.2, 0) is 9.84 Å². The van der Waals surface area contributed by atoms with E-state index >= 15 is 0 Å². The van der Waals surface area contributed by atoms with E-state index in [9.17, 15) is 25.7 Å². The van der Waals surface area contributed by atoms with Crippen molar-refractivity contribution in [1.29, 1.82) is 5.39 Å². The van der Waals surface area contributed by atoms with Gasteiger partial charge in [-0.05, 0) is 18.2 Å². The quantitative estimate of drug-likeness (QED) is 0.468. The lowest BCUT2D eigenvalue weighted by atomic mass is 10.3. The summed E-state index contributed by atoms with van der Waals surface area (Å²) in [5, 5.41) is 8.63. The maximum Gasteiger partial charge on any atom is 0.673 e. The molecule has 0 atom stereocenters. The molecule has 2 aromatic rings. The van der Waals surface area contributed by atoms with Crippen molar-refractivity contribution in [3.63, 3.8) is 0 Å². The highest BCUT2D eigenvalue weighted by molar-refractivity contribution is 7.91. The Hall–Kier alpha value is -2.41. The minimum atomic E-state index is -6.00. The highest BCUT2D eigenvalue weighted by Crippen LogP contribution is 2.24. The first-order valence-electron chi connectivity index (χ1n) is 5.77. The molecule has 22 heavy (non-hydrogen) atoms. The molecule has 116 valence electrons. The van der Waals surface area contributed by atoms with Gasteiger partial charge in [-0.2, -0.15) is 0 Å². The molecule has 0 fully saturated rings. The second-order valence-electron chi connectivity index (χ2n) is 3.91. The van der Waals surface area contributed by atoms with E-state index in [1.165, 1.54) is 36.4 Å². The van der Waals surface area contributed by atoms with Crippen LogP contribution in [0.25, 0.3) is 4.98 Å². The molecule has 0 unspecified atom stereocenters. The third kappa shape index (κ3) is 5.53. The van der Waals surface area contributed by atoms with Crippen LogP contribution in [-0.4, -0.2) is 15.7 Å². The average molecular weight is 332 g/mol. The molecule has 0 aromatic heterocycles. The van der Waals surface area contributed by atoms with Crippen molar-refractivity contribution in [3.05, 3.63) is 59.6 Å². The minimum Gasteiger partial charge on any atom is -0.418 e. The van der Waals surface area contributed by atoms with Crippen LogP contribution in [0.1, 0.15) is 0 Å². The second-order valence-corrected chi connectivity index (χ2v) is 5.86. The molecule has 2 aromatic carbocycles. The molecular weight excluding hydrogens is 323 g/mol. The number of halogens is 4. The number of rotatable bonds is 2. The average Bonchev–Trinajstić information content (AvgIpc) is 2.46. The smallest absolute Gasteiger partial charge is 0.418 e. The molecule has 10 heteroatoms. The Morgan fingerprint density at radius 1 is 0.864 bits per heavy atom. The third-order valence-corrected chi connectivity index (χ3v) is 4.06. The monoisotopic (exact) mass is 332 g/mol. The molecule has 0 heterocycles. The Labute approximate surface area is 124 Å². The first kappa shape index (κ1) is 17.6. The fraction of sp³-hybridized carbons (Fsp3) is 0. The lowest BCUT2D eigenvalue weighted by Gasteiger charge is -2.02. The molecule has 4 nitrogen and oxygen atoms in total. The highest BCUT2D eigenvalue weighted by Gasteiger charge is 2.21. The number of sulfone groups is 1. The van der Waals surface area contributed by atoms with Gasteiger partial charge in [-0.1, -0.05) is 24.3 Å². The molecule has 0 saturated carbocycles. The van der Waals surface area contributed by atoms with E-state index in [1.807, 2.05) is 0 Å². The first-order chi connectivity index (χ1) is 10.1. The minimum absolute atomic E-state index is 0.110. The van der Waals surface area contributed by atoms with Crippen molar-refractivity contribution < 1.29 is 25.7 Å². The summed E-state index contributed by atoms with van der Waals surface area (Å²) in [6.45, 7) is 0. The van der Waals surface area contributed by atoms with E-state index in [0.717, 1.165) is 0 Å². The highest BCUT2D eigenvalue weighted by atomic mass is 32.2. The summed E-state index contributed by atoms with van der Waals surface area (Å²) in [6, 6.07) is 14.0. The van der Waals surface area contributed by atoms with Crippen LogP contribution in [0.3, 0.4) is 0 Å². The topological polar surface area (TPSA) is 62.3 Å². The SMILES string of the molecule is F[B-](F)(F)F.N#[N+]c1cccc(S(=O)(=O)c2ccccc2)c1. The van der Waals surface area contributed by atoms with E-state index in [2.05, 4.69) is 4.98 Å². The molecule has 2 rings (SSSR count). The fourth-order valence-corrected chi connectivity index (χ4v) is 2.77. The Morgan fingerprint density at radius 3 is 1.86 bits per heavy atom. The van der Waals surface area contributed by atoms with Gasteiger partial charge in [-0.25, -0.2) is 8.42 Å². The zero-order valence-corrected chi connectivity index (χ0v) is 11.7. The summed E-state index contributed by atoms with van der Waals surface area (Å²) in [4.78, 5) is 3.30. The van der Waals surface area contributed by atoms with Crippen molar-refractivity contribution in [2.24, 2.45) is 0 Å². The standard InChI is InChI=1S/C12H9N2O2S.BF4/c13-14-10-5-4-8-12(9-10)17(15,16)11-6-2-1-3-7-11;2-1(3,4)5/h1-9H;/q+1;-1. The van der Waals surface area contributed by atoms with Gasteiger partial charge in [-0.3, -0.25) is 0 Å². The number of hydrogen-bond acceptors (Lipinski definition) is 3. The zero-order valence-electron chi connectivity index (χ0n) is 10.9. The predicted octanol–water partition coefficient (Wildman–Crippen LogP) is 4.30. The summed E-state index contributed by atoms with van der Waals surface area (Å²) < 4.78 is 63.4. The summed E-state index contributed by atoms with van der Waals surface area (Å²) in [6.07, 6.45) is 0. The normalized spacial score (nSPS) is 11.0. The maximum atomic E-state index is 12.2. The van der Waals surface area contributed by atoms with E-state index < -0.39 is 17.1 Å². The fourth-order valence-electron chi connectivity index (χ4n) is 1.45. The maximum absolute atomic E-state index is 12.2. The van der Waals surface area contributed by atoms with Gasteiger partial charge >= 0.3 is 12.9 Å². The van der Waals surface area contributed by atoms with Crippen LogP contribution in [0.2, 0.25) is 0 Å². The summed E-state index contributed by atoms with van der Waals surface area (Å²) >= 11 is 0. The number of benzene rings is 2. The van der Waals surface area contributed by atoms with E-state index in [-0.39, 0.29) is 15.5 Å². The lowest BCUT2D eigenvalue weighted by Crippen LogP contribution is -2.02. The van der Waals surface area contributed by atoms with Crippen molar-refractivity contribution in [2.75, 3.05) is 0 Å². The van der Waals surface area contributed by atoms with Crippen molar-refractivity contribution >= 4 is 22.8 Å². The van der Waals surface area contributed by atoms with Gasteiger partial charge in [0.15, 0.2) is 4.98 Å². The molecular formula is C12H9BF4N2O2S. The lowest BCUT2D eigenvalue weighted by molar-refractivity contribution is 0.368. The van der Waals surface area contributed by atoms with Crippen molar-refractivity contribution in [2.45, 2.75) is 9.79 Å². The Bertz CT molecular complexity index is 768. The van der Waals surface area contributed by atoms with Gasteiger partial charge in [0.1, 0.15) is 0 Å². The van der Waals surface area contributed by atoms with Crippen LogP contribution in [0.5, 0.6) is 0 Å². The predicted molar refractivity (Wildman–Crippen MR) is 73.3 cm³/mol. The second kappa shape index (κ2) is 7.04. The van der Waals surface area contributed by atoms with Gasteiger partial charge in [-0.15, -0.1) is 0 Å². The van der Waals surface area contributed by atoms with E-state index in [0.29, 0.717) is 0 Å². The molecule has 0 aliphatic carbocycles. The third-order valence-electron chi connectivity index (χ3n) is 2.30. The number of diazo groups is 1. The molecule has 0 saturated heterocycles. The van der Waals surface area contributed by atoms with Gasteiger partial charge in [0.2, 0.25) is 15.2 Å². The van der Waals surface area contributed by atoms with Gasteiger partial charge in [0.05, 0.1) is 15.9 Å². The Morgan fingerprint density at radius 2 is 1.36 bits per heavy atom. The van der Waals surface area contributed by atoms with Crippen molar-refractivity contribution in [3.8, 4) is 0 Å². The van der Waals surface area contributed by atoms with Crippen LogP contribution in [0.4, 0.5) is 23.0 Å². The van der Waals surface area contributed by atoms with Crippen LogP contribution in [0.15, 0.2) is 64.4 Å². The van der Waals surface area contributed by atoms with E-state index in [1.54, 1.807) is 18.2 Å². The molecule has 0 amide bonds. The van der Waals surface area contributed by atoms with Gasteiger partial charge < -0.3 is 17.3 Å². The van der Waals surface area contributed by atoms with Crippen molar-refractivity contribution in [1.82, 2.24) is 0 Å². The molecule has 0 N–H and O–H groups in total. The van der Waals surface area contributed by atoms with E-state index in [4.69, 9.17) is 5.39 Å². The molecule has 0 bridgehead atoms. The van der Waals surface area contributed by atoms with Gasteiger partial charge in [0, 0.05) is 6.07 Å². The van der Waals surface area contributed by atoms with Crippen LogP contribution < -0.4 is 0 Å². The molecule has 0 aliphatic rings. The van der Waals surface area contributed by atoms with Crippen LogP contribution >= 0.6 is 0 Å². The Kier molecular flexibility index (Phi) is 5.65. The largest absolute Gasteiger partial charge is 0.673 e.